The molecule has 0 bridgehead atoms. The Balaban J connectivity index is 1.54. The van der Waals surface area contributed by atoms with Crippen molar-refractivity contribution in [2.24, 2.45) is 5.92 Å². The van der Waals surface area contributed by atoms with Crippen LogP contribution in [0.1, 0.15) is 29.9 Å². The lowest BCUT2D eigenvalue weighted by atomic mass is 9.81. The Hall–Kier alpha value is -2.54. The number of piperidine rings is 1. The van der Waals surface area contributed by atoms with Crippen LogP contribution in [-0.4, -0.2) is 30.8 Å². The fourth-order valence-electron chi connectivity index (χ4n) is 3.54. The molecular weight excluding hydrogens is 371 g/mol. The van der Waals surface area contributed by atoms with E-state index in [1.54, 1.807) is 0 Å². The SMILES string of the molecule is O=C(O)C1CNCCC1c1ccc(CCCOc2c(F)ccc(F)c2F)cc1. The van der Waals surface area contributed by atoms with Gasteiger partial charge in [0.05, 0.1) is 12.5 Å². The molecule has 0 spiro atoms. The summed E-state index contributed by atoms with van der Waals surface area (Å²) in [5.41, 5.74) is 2.01. The summed E-state index contributed by atoms with van der Waals surface area (Å²) in [7, 11) is 0. The van der Waals surface area contributed by atoms with E-state index in [0.717, 1.165) is 36.2 Å². The quantitative estimate of drug-likeness (QED) is 0.554. The highest BCUT2D eigenvalue weighted by Gasteiger charge is 2.31. The summed E-state index contributed by atoms with van der Waals surface area (Å²) < 4.78 is 45.3. The molecule has 2 aromatic carbocycles. The van der Waals surface area contributed by atoms with Gasteiger partial charge in [-0.1, -0.05) is 24.3 Å². The summed E-state index contributed by atoms with van der Waals surface area (Å²) in [4.78, 5) is 11.4. The molecule has 0 aromatic heterocycles. The predicted octanol–water partition coefficient (Wildman–Crippen LogP) is 3.89. The third kappa shape index (κ3) is 4.65. The van der Waals surface area contributed by atoms with E-state index in [1.165, 1.54) is 0 Å². The zero-order chi connectivity index (χ0) is 20.1. The highest BCUT2D eigenvalue weighted by Crippen LogP contribution is 2.31. The van der Waals surface area contributed by atoms with Crippen LogP contribution < -0.4 is 10.1 Å². The Kier molecular flexibility index (Phi) is 6.57. The highest BCUT2D eigenvalue weighted by molar-refractivity contribution is 5.72. The lowest BCUT2D eigenvalue weighted by Gasteiger charge is -2.29. The van der Waals surface area contributed by atoms with Crippen LogP contribution in [-0.2, 0) is 11.2 Å². The molecule has 2 atom stereocenters. The molecule has 3 rings (SSSR count). The van der Waals surface area contributed by atoms with Crippen molar-refractivity contribution in [3.8, 4) is 5.75 Å². The number of halogens is 3. The minimum atomic E-state index is -1.32. The van der Waals surface area contributed by atoms with Gasteiger partial charge in [-0.2, -0.15) is 4.39 Å². The zero-order valence-electron chi connectivity index (χ0n) is 15.3. The molecular formula is C21H22F3NO3. The molecule has 7 heteroatoms. The van der Waals surface area contributed by atoms with Crippen LogP contribution >= 0.6 is 0 Å². The van der Waals surface area contributed by atoms with E-state index in [-0.39, 0.29) is 12.5 Å². The monoisotopic (exact) mass is 393 g/mol. The second-order valence-corrected chi connectivity index (χ2v) is 6.91. The van der Waals surface area contributed by atoms with Crippen molar-refractivity contribution in [3.05, 3.63) is 65.0 Å². The lowest BCUT2D eigenvalue weighted by molar-refractivity contribution is -0.142. The second kappa shape index (κ2) is 9.10. The Labute approximate surface area is 161 Å². The highest BCUT2D eigenvalue weighted by atomic mass is 19.2. The van der Waals surface area contributed by atoms with Gasteiger partial charge in [-0.3, -0.25) is 4.79 Å². The first kappa shape index (κ1) is 20.2. The van der Waals surface area contributed by atoms with Crippen LogP contribution in [0.5, 0.6) is 5.75 Å². The van der Waals surface area contributed by atoms with E-state index in [1.807, 2.05) is 24.3 Å². The van der Waals surface area contributed by atoms with E-state index in [2.05, 4.69) is 5.32 Å². The largest absolute Gasteiger partial charge is 0.488 e. The number of carboxylic acids is 1. The van der Waals surface area contributed by atoms with Gasteiger partial charge in [0, 0.05) is 6.54 Å². The number of benzene rings is 2. The molecule has 1 heterocycles. The zero-order valence-corrected chi connectivity index (χ0v) is 15.3. The molecule has 2 aromatic rings. The van der Waals surface area contributed by atoms with E-state index < -0.39 is 35.1 Å². The summed E-state index contributed by atoms with van der Waals surface area (Å²) in [5, 5.41) is 12.5. The van der Waals surface area contributed by atoms with E-state index >= 15 is 0 Å². The minimum Gasteiger partial charge on any atom is -0.488 e. The van der Waals surface area contributed by atoms with Crippen molar-refractivity contribution in [1.29, 1.82) is 0 Å². The summed E-state index contributed by atoms with van der Waals surface area (Å²) >= 11 is 0. The molecule has 0 radical (unpaired) electrons. The molecule has 1 aliphatic heterocycles. The third-order valence-electron chi connectivity index (χ3n) is 5.07. The average Bonchev–Trinajstić information content (AvgIpc) is 2.71. The molecule has 1 saturated heterocycles. The van der Waals surface area contributed by atoms with Crippen LogP contribution in [0, 0.1) is 23.4 Å². The van der Waals surface area contributed by atoms with E-state index in [9.17, 15) is 23.1 Å². The predicted molar refractivity (Wildman–Crippen MR) is 97.9 cm³/mol. The first-order valence-corrected chi connectivity index (χ1v) is 9.26. The molecule has 150 valence electrons. The Morgan fingerprint density at radius 3 is 2.54 bits per heavy atom. The van der Waals surface area contributed by atoms with Crippen molar-refractivity contribution in [3.63, 3.8) is 0 Å². The number of nitrogens with one attached hydrogen (secondary N) is 1. The van der Waals surface area contributed by atoms with Gasteiger partial charge in [-0.25, -0.2) is 8.78 Å². The van der Waals surface area contributed by atoms with Crippen molar-refractivity contribution in [1.82, 2.24) is 5.32 Å². The van der Waals surface area contributed by atoms with E-state index in [0.29, 0.717) is 19.4 Å². The van der Waals surface area contributed by atoms with Gasteiger partial charge >= 0.3 is 5.97 Å². The van der Waals surface area contributed by atoms with Crippen LogP contribution in [0.3, 0.4) is 0 Å². The summed E-state index contributed by atoms with van der Waals surface area (Å²) in [6.07, 6.45) is 1.89. The molecule has 0 amide bonds. The molecule has 4 nitrogen and oxygen atoms in total. The fourth-order valence-corrected chi connectivity index (χ4v) is 3.54. The third-order valence-corrected chi connectivity index (χ3v) is 5.07. The van der Waals surface area contributed by atoms with Crippen LogP contribution in [0.15, 0.2) is 36.4 Å². The number of hydrogen-bond acceptors (Lipinski definition) is 3. The Morgan fingerprint density at radius 1 is 1.11 bits per heavy atom. The second-order valence-electron chi connectivity index (χ2n) is 6.91. The maximum atomic E-state index is 13.5. The van der Waals surface area contributed by atoms with Crippen molar-refractivity contribution in [2.75, 3.05) is 19.7 Å². The normalized spacial score (nSPS) is 19.4. The van der Waals surface area contributed by atoms with Gasteiger partial charge in [0.15, 0.2) is 17.4 Å². The summed E-state index contributed by atoms with van der Waals surface area (Å²) in [6.45, 7) is 1.31. The Bertz CT molecular complexity index is 826. The van der Waals surface area contributed by atoms with Gasteiger partial charge in [0.2, 0.25) is 5.82 Å². The van der Waals surface area contributed by atoms with Crippen LogP contribution in [0.25, 0.3) is 0 Å². The lowest BCUT2D eigenvalue weighted by Crippen LogP contribution is -2.39. The number of aryl methyl sites for hydroxylation is 1. The minimum absolute atomic E-state index is 0.0185. The number of carboxylic acid groups (broad SMARTS) is 1. The van der Waals surface area contributed by atoms with Crippen molar-refractivity contribution >= 4 is 5.97 Å². The van der Waals surface area contributed by atoms with Crippen molar-refractivity contribution < 1.29 is 27.8 Å². The Morgan fingerprint density at radius 2 is 1.82 bits per heavy atom. The number of rotatable bonds is 7. The molecule has 1 aliphatic rings. The number of carbonyl (C=O) groups is 1. The number of aliphatic carboxylic acids is 1. The smallest absolute Gasteiger partial charge is 0.308 e. The molecule has 2 unspecified atom stereocenters. The number of ether oxygens (including phenoxy) is 1. The number of hydrogen-bond donors (Lipinski definition) is 2. The molecule has 0 saturated carbocycles. The first-order chi connectivity index (χ1) is 13.5. The standard InChI is InChI=1S/C21H22F3NO3/c22-17-7-8-18(23)20(19(17)24)28-11-1-2-13-3-5-14(6-4-13)15-9-10-25-12-16(15)21(26)27/h3-8,15-16,25H,1-2,9-12H2,(H,26,27). The van der Waals surface area contributed by atoms with Gasteiger partial charge in [-0.15, -0.1) is 0 Å². The average molecular weight is 393 g/mol. The molecule has 0 aliphatic carbocycles. The first-order valence-electron chi connectivity index (χ1n) is 9.26. The molecule has 1 fully saturated rings. The van der Waals surface area contributed by atoms with Crippen LogP contribution in [0.2, 0.25) is 0 Å². The van der Waals surface area contributed by atoms with E-state index in [4.69, 9.17) is 4.74 Å². The molecule has 2 N–H and O–H groups in total. The van der Waals surface area contributed by atoms with Gasteiger partial charge in [0.1, 0.15) is 0 Å². The summed E-state index contributed by atoms with van der Waals surface area (Å²) in [5.74, 6) is -5.35. The van der Waals surface area contributed by atoms with Crippen molar-refractivity contribution in [2.45, 2.75) is 25.2 Å². The van der Waals surface area contributed by atoms with Gasteiger partial charge in [0.25, 0.3) is 0 Å². The maximum absolute atomic E-state index is 13.5. The fraction of sp³-hybridized carbons (Fsp3) is 0.381. The maximum Gasteiger partial charge on any atom is 0.308 e. The van der Waals surface area contributed by atoms with Gasteiger partial charge < -0.3 is 15.2 Å². The topological polar surface area (TPSA) is 58.6 Å². The van der Waals surface area contributed by atoms with Crippen LogP contribution in [0.4, 0.5) is 13.2 Å². The van der Waals surface area contributed by atoms with Gasteiger partial charge in [-0.05, 0) is 55.0 Å². The summed E-state index contributed by atoms with van der Waals surface area (Å²) in [6, 6.07) is 9.29. The molecule has 28 heavy (non-hydrogen) atoms.